The second kappa shape index (κ2) is 5.91. The lowest BCUT2D eigenvalue weighted by Crippen LogP contribution is -2.42. The zero-order chi connectivity index (χ0) is 11.7. The highest BCUT2D eigenvalue weighted by Gasteiger charge is 2.18. The normalized spacial score (nSPS) is 23.1. The Bertz CT molecular complexity index is 411. The Kier molecular flexibility index (Phi) is 4.49. The van der Waals surface area contributed by atoms with Crippen LogP contribution < -0.4 is 10.5 Å². The van der Waals surface area contributed by atoms with Gasteiger partial charge in [-0.25, -0.2) is 0 Å². The van der Waals surface area contributed by atoms with Crippen LogP contribution in [0.2, 0.25) is 0 Å². The SMILES string of the molecule is Cl.NC1CCCN(Cc2ccc3c(c2)CCO3)C1. The number of halogens is 1. The molecule has 1 aromatic rings. The van der Waals surface area contributed by atoms with E-state index >= 15 is 0 Å². The Labute approximate surface area is 115 Å². The number of hydrogen-bond acceptors (Lipinski definition) is 3. The van der Waals surface area contributed by atoms with Crippen LogP contribution in [0.3, 0.4) is 0 Å². The van der Waals surface area contributed by atoms with E-state index in [9.17, 15) is 0 Å². The first-order valence-electron chi connectivity index (χ1n) is 6.54. The standard InChI is InChI=1S/C14H20N2O.ClH/c15-13-2-1-6-16(10-13)9-11-3-4-14-12(8-11)5-7-17-14;/h3-4,8,13H,1-2,5-7,9-10,15H2;1H. The number of rotatable bonds is 2. The lowest BCUT2D eigenvalue weighted by molar-refractivity contribution is 0.201. The van der Waals surface area contributed by atoms with Crippen molar-refractivity contribution in [2.24, 2.45) is 5.73 Å². The van der Waals surface area contributed by atoms with Crippen molar-refractivity contribution in [1.82, 2.24) is 4.90 Å². The van der Waals surface area contributed by atoms with Crippen molar-refractivity contribution in [2.75, 3.05) is 19.7 Å². The molecule has 0 aliphatic carbocycles. The molecular formula is C14H21ClN2O. The second-order valence-corrected chi connectivity index (χ2v) is 5.18. The number of nitrogens with two attached hydrogens (primary N) is 1. The van der Waals surface area contributed by atoms with Gasteiger partial charge in [0, 0.05) is 25.6 Å². The van der Waals surface area contributed by atoms with E-state index in [4.69, 9.17) is 10.5 Å². The van der Waals surface area contributed by atoms with Crippen LogP contribution in [0.15, 0.2) is 18.2 Å². The van der Waals surface area contributed by atoms with E-state index in [-0.39, 0.29) is 12.4 Å². The molecule has 1 unspecified atom stereocenters. The quantitative estimate of drug-likeness (QED) is 0.891. The Hall–Kier alpha value is -0.770. The number of ether oxygens (including phenoxy) is 1. The van der Waals surface area contributed by atoms with E-state index in [1.54, 1.807) is 0 Å². The molecule has 2 heterocycles. The highest BCUT2D eigenvalue weighted by molar-refractivity contribution is 5.85. The molecule has 1 aromatic carbocycles. The fourth-order valence-electron chi connectivity index (χ4n) is 2.83. The number of nitrogens with zero attached hydrogens (tertiary/aromatic N) is 1. The lowest BCUT2D eigenvalue weighted by Gasteiger charge is -2.30. The lowest BCUT2D eigenvalue weighted by atomic mass is 10.0. The van der Waals surface area contributed by atoms with Gasteiger partial charge in [0.15, 0.2) is 0 Å². The first-order valence-corrected chi connectivity index (χ1v) is 6.54. The summed E-state index contributed by atoms with van der Waals surface area (Å²) in [5.41, 5.74) is 8.76. The van der Waals surface area contributed by atoms with Gasteiger partial charge in [-0.1, -0.05) is 12.1 Å². The first-order chi connectivity index (χ1) is 8.31. The summed E-state index contributed by atoms with van der Waals surface area (Å²) in [5.74, 6) is 1.07. The largest absolute Gasteiger partial charge is 0.493 e. The first kappa shape index (κ1) is 13.7. The zero-order valence-electron chi connectivity index (χ0n) is 10.6. The summed E-state index contributed by atoms with van der Waals surface area (Å²) in [6, 6.07) is 6.95. The minimum atomic E-state index is 0. The van der Waals surface area contributed by atoms with Crippen LogP contribution in [0.1, 0.15) is 24.0 Å². The monoisotopic (exact) mass is 268 g/mol. The summed E-state index contributed by atoms with van der Waals surface area (Å²) in [6.45, 7) is 4.09. The molecule has 2 N–H and O–H groups in total. The maximum Gasteiger partial charge on any atom is 0.122 e. The van der Waals surface area contributed by atoms with Crippen molar-refractivity contribution in [3.63, 3.8) is 0 Å². The van der Waals surface area contributed by atoms with E-state index in [1.807, 2.05) is 0 Å². The van der Waals surface area contributed by atoms with Crippen molar-refractivity contribution in [1.29, 1.82) is 0 Å². The van der Waals surface area contributed by atoms with Crippen LogP contribution in [-0.4, -0.2) is 30.6 Å². The fourth-order valence-corrected chi connectivity index (χ4v) is 2.83. The van der Waals surface area contributed by atoms with Crippen LogP contribution in [0.5, 0.6) is 5.75 Å². The van der Waals surface area contributed by atoms with Gasteiger partial charge < -0.3 is 10.5 Å². The van der Waals surface area contributed by atoms with Crippen molar-refractivity contribution in [3.05, 3.63) is 29.3 Å². The molecule has 2 aliphatic heterocycles. The summed E-state index contributed by atoms with van der Waals surface area (Å²) in [6.07, 6.45) is 3.46. The molecule has 4 heteroatoms. The van der Waals surface area contributed by atoms with Crippen LogP contribution in [0, 0.1) is 0 Å². The smallest absolute Gasteiger partial charge is 0.122 e. The van der Waals surface area contributed by atoms with Gasteiger partial charge in [-0.3, -0.25) is 4.90 Å². The van der Waals surface area contributed by atoms with Crippen molar-refractivity contribution < 1.29 is 4.74 Å². The predicted octanol–water partition coefficient (Wildman–Crippen LogP) is 1.97. The Morgan fingerprint density at radius 3 is 3.11 bits per heavy atom. The summed E-state index contributed by atoms with van der Waals surface area (Å²) < 4.78 is 5.53. The molecule has 0 amide bonds. The summed E-state index contributed by atoms with van der Waals surface area (Å²) in [5, 5.41) is 0. The van der Waals surface area contributed by atoms with Crippen LogP contribution in [0.4, 0.5) is 0 Å². The number of piperidine rings is 1. The van der Waals surface area contributed by atoms with Gasteiger partial charge in [0.25, 0.3) is 0 Å². The van der Waals surface area contributed by atoms with Gasteiger partial charge in [-0.2, -0.15) is 0 Å². The van der Waals surface area contributed by atoms with Crippen LogP contribution in [0.25, 0.3) is 0 Å². The molecule has 0 bridgehead atoms. The number of hydrogen-bond donors (Lipinski definition) is 1. The molecule has 0 aromatic heterocycles. The number of likely N-dealkylation sites (tertiary alicyclic amines) is 1. The maximum absolute atomic E-state index is 6.01. The third-order valence-electron chi connectivity index (χ3n) is 3.70. The predicted molar refractivity (Wildman–Crippen MR) is 75.4 cm³/mol. The molecule has 0 radical (unpaired) electrons. The maximum atomic E-state index is 6.01. The molecule has 2 aliphatic rings. The average molecular weight is 269 g/mol. The van der Waals surface area contributed by atoms with Crippen molar-refractivity contribution >= 4 is 12.4 Å². The third-order valence-corrected chi connectivity index (χ3v) is 3.70. The van der Waals surface area contributed by atoms with Crippen molar-refractivity contribution in [3.8, 4) is 5.75 Å². The van der Waals surface area contributed by atoms with Crippen LogP contribution >= 0.6 is 12.4 Å². The summed E-state index contributed by atoms with van der Waals surface area (Å²) in [4.78, 5) is 2.46. The third kappa shape index (κ3) is 2.97. The van der Waals surface area contributed by atoms with Gasteiger partial charge in [0.05, 0.1) is 6.61 Å². The Morgan fingerprint density at radius 1 is 1.39 bits per heavy atom. The molecule has 18 heavy (non-hydrogen) atoms. The average Bonchev–Trinajstić information content (AvgIpc) is 2.76. The molecule has 1 saturated heterocycles. The molecule has 3 nitrogen and oxygen atoms in total. The van der Waals surface area contributed by atoms with E-state index in [0.29, 0.717) is 6.04 Å². The molecule has 0 spiro atoms. The number of fused-ring (bicyclic) bond motifs is 1. The zero-order valence-corrected chi connectivity index (χ0v) is 11.4. The van der Waals surface area contributed by atoms with E-state index in [2.05, 4.69) is 23.1 Å². The topological polar surface area (TPSA) is 38.5 Å². The molecule has 0 saturated carbocycles. The summed E-state index contributed by atoms with van der Waals surface area (Å²) >= 11 is 0. The minimum Gasteiger partial charge on any atom is -0.493 e. The van der Waals surface area contributed by atoms with Gasteiger partial charge in [0.2, 0.25) is 0 Å². The number of benzene rings is 1. The van der Waals surface area contributed by atoms with E-state index < -0.39 is 0 Å². The van der Waals surface area contributed by atoms with Gasteiger partial charge >= 0.3 is 0 Å². The highest BCUT2D eigenvalue weighted by atomic mass is 35.5. The van der Waals surface area contributed by atoms with Gasteiger partial charge in [-0.05, 0) is 36.6 Å². The Morgan fingerprint density at radius 2 is 2.28 bits per heavy atom. The van der Waals surface area contributed by atoms with Crippen molar-refractivity contribution in [2.45, 2.75) is 31.8 Å². The molecule has 3 rings (SSSR count). The molecule has 1 atom stereocenters. The van der Waals surface area contributed by atoms with Crippen LogP contribution in [-0.2, 0) is 13.0 Å². The fraction of sp³-hybridized carbons (Fsp3) is 0.571. The summed E-state index contributed by atoms with van der Waals surface area (Å²) in [7, 11) is 0. The van der Waals surface area contributed by atoms with E-state index in [0.717, 1.165) is 31.9 Å². The second-order valence-electron chi connectivity index (χ2n) is 5.18. The van der Waals surface area contributed by atoms with Gasteiger partial charge in [-0.15, -0.1) is 12.4 Å². The molecule has 100 valence electrons. The van der Waals surface area contributed by atoms with E-state index in [1.165, 1.54) is 30.5 Å². The molecular weight excluding hydrogens is 248 g/mol. The van der Waals surface area contributed by atoms with Gasteiger partial charge in [0.1, 0.15) is 5.75 Å². The molecule has 1 fully saturated rings. The minimum absolute atomic E-state index is 0. The Balaban J connectivity index is 0.00000120. The highest BCUT2D eigenvalue weighted by Crippen LogP contribution is 2.26.